The maximum Gasteiger partial charge on any atom is 0.0469 e. The zero-order valence-electron chi connectivity index (χ0n) is 12.5. The van der Waals surface area contributed by atoms with Crippen LogP contribution in [0.1, 0.15) is 52.9 Å². The van der Waals surface area contributed by atoms with Crippen molar-refractivity contribution >= 4 is 0 Å². The van der Waals surface area contributed by atoms with Crippen LogP contribution in [0, 0.1) is 23.7 Å². The number of hydrogen-bond acceptors (Lipinski definition) is 2. The third-order valence-corrected chi connectivity index (χ3v) is 5.03. The summed E-state index contributed by atoms with van der Waals surface area (Å²) in [5.41, 5.74) is 0. The summed E-state index contributed by atoms with van der Waals surface area (Å²) in [5, 5.41) is 3.90. The first kappa shape index (κ1) is 14.3. The molecule has 2 fully saturated rings. The second kappa shape index (κ2) is 6.91. The van der Waals surface area contributed by atoms with E-state index in [-0.39, 0.29) is 0 Å². The molecule has 2 nitrogen and oxygen atoms in total. The summed E-state index contributed by atoms with van der Waals surface area (Å²) in [4.78, 5) is 0. The van der Waals surface area contributed by atoms with Crippen molar-refractivity contribution < 1.29 is 4.74 Å². The predicted molar refractivity (Wildman–Crippen MR) is 76.7 cm³/mol. The summed E-state index contributed by atoms with van der Waals surface area (Å²) in [5.74, 6) is 3.47. The summed E-state index contributed by atoms with van der Waals surface area (Å²) in [6.07, 6.45) is 6.73. The fourth-order valence-electron chi connectivity index (χ4n) is 3.71. The van der Waals surface area contributed by atoms with Gasteiger partial charge in [-0.25, -0.2) is 0 Å². The largest absolute Gasteiger partial charge is 0.381 e. The van der Waals surface area contributed by atoms with E-state index >= 15 is 0 Å². The van der Waals surface area contributed by atoms with Crippen LogP contribution in [0.3, 0.4) is 0 Å². The summed E-state index contributed by atoms with van der Waals surface area (Å²) in [7, 11) is 0. The van der Waals surface area contributed by atoms with E-state index in [9.17, 15) is 0 Å². The molecule has 2 heteroatoms. The number of hydrogen-bond donors (Lipinski definition) is 1. The van der Waals surface area contributed by atoms with E-state index in [4.69, 9.17) is 4.74 Å². The Morgan fingerprint density at radius 3 is 2.50 bits per heavy atom. The highest BCUT2D eigenvalue weighted by Crippen LogP contribution is 2.33. The minimum Gasteiger partial charge on any atom is -0.381 e. The first-order chi connectivity index (χ1) is 8.66. The van der Waals surface area contributed by atoms with Crippen LogP contribution < -0.4 is 5.32 Å². The first-order valence-electron chi connectivity index (χ1n) is 7.98. The van der Waals surface area contributed by atoms with E-state index in [1.807, 2.05) is 0 Å². The minimum atomic E-state index is 0.761. The van der Waals surface area contributed by atoms with Gasteiger partial charge < -0.3 is 10.1 Å². The van der Waals surface area contributed by atoms with Crippen LogP contribution in [0.15, 0.2) is 0 Å². The van der Waals surface area contributed by atoms with Gasteiger partial charge in [0, 0.05) is 19.3 Å². The van der Waals surface area contributed by atoms with Crippen molar-refractivity contribution in [3.63, 3.8) is 0 Å². The van der Waals surface area contributed by atoms with Gasteiger partial charge in [0.1, 0.15) is 0 Å². The Morgan fingerprint density at radius 1 is 1.11 bits per heavy atom. The van der Waals surface area contributed by atoms with Gasteiger partial charge in [-0.05, 0) is 55.9 Å². The van der Waals surface area contributed by atoms with Crippen molar-refractivity contribution in [3.05, 3.63) is 0 Å². The highest BCUT2D eigenvalue weighted by molar-refractivity contribution is 4.86. The molecule has 1 saturated carbocycles. The molecule has 3 atom stereocenters. The van der Waals surface area contributed by atoms with Crippen LogP contribution in [0.25, 0.3) is 0 Å². The van der Waals surface area contributed by atoms with Gasteiger partial charge in [-0.3, -0.25) is 0 Å². The zero-order chi connectivity index (χ0) is 13.0. The number of nitrogens with one attached hydrogen (secondary N) is 1. The van der Waals surface area contributed by atoms with Crippen LogP contribution in [-0.2, 0) is 4.74 Å². The maximum atomic E-state index is 5.44. The summed E-state index contributed by atoms with van der Waals surface area (Å²) >= 11 is 0. The Labute approximate surface area is 113 Å². The molecule has 3 unspecified atom stereocenters. The fraction of sp³-hybridized carbons (Fsp3) is 1.00. The van der Waals surface area contributed by atoms with Gasteiger partial charge >= 0.3 is 0 Å². The Kier molecular flexibility index (Phi) is 5.50. The second-order valence-corrected chi connectivity index (χ2v) is 6.90. The lowest BCUT2D eigenvalue weighted by atomic mass is 9.74. The van der Waals surface area contributed by atoms with Crippen molar-refractivity contribution in [1.29, 1.82) is 0 Å². The second-order valence-electron chi connectivity index (χ2n) is 6.90. The van der Waals surface area contributed by atoms with Crippen molar-refractivity contribution in [2.45, 2.75) is 58.9 Å². The van der Waals surface area contributed by atoms with Crippen LogP contribution in [0.2, 0.25) is 0 Å². The van der Waals surface area contributed by atoms with Crippen LogP contribution in [0.4, 0.5) is 0 Å². The highest BCUT2D eigenvalue weighted by Gasteiger charge is 2.30. The number of rotatable bonds is 4. The third-order valence-electron chi connectivity index (χ3n) is 5.03. The lowest BCUT2D eigenvalue weighted by Gasteiger charge is -2.39. The fourth-order valence-corrected chi connectivity index (χ4v) is 3.71. The molecule has 0 amide bonds. The smallest absolute Gasteiger partial charge is 0.0469 e. The van der Waals surface area contributed by atoms with Crippen molar-refractivity contribution in [1.82, 2.24) is 5.32 Å². The van der Waals surface area contributed by atoms with Gasteiger partial charge in [-0.15, -0.1) is 0 Å². The summed E-state index contributed by atoms with van der Waals surface area (Å²) < 4.78 is 5.44. The van der Waals surface area contributed by atoms with E-state index in [1.165, 1.54) is 38.6 Å². The number of ether oxygens (including phenoxy) is 1. The van der Waals surface area contributed by atoms with Crippen LogP contribution in [-0.4, -0.2) is 25.8 Å². The van der Waals surface area contributed by atoms with Gasteiger partial charge in [-0.2, -0.15) is 0 Å². The molecule has 0 spiro atoms. The van der Waals surface area contributed by atoms with E-state index in [1.54, 1.807) is 0 Å². The normalized spacial score (nSPS) is 35.0. The molecular weight excluding hydrogens is 222 g/mol. The van der Waals surface area contributed by atoms with Gasteiger partial charge in [0.05, 0.1) is 0 Å². The molecule has 106 valence electrons. The molecule has 0 aromatic rings. The van der Waals surface area contributed by atoms with E-state index < -0.39 is 0 Å². The standard InChI is InChI=1S/C16H31NO/c1-12(2)15-5-4-13(3)10-16(15)17-11-14-6-8-18-9-7-14/h12-17H,4-11H2,1-3H3. The summed E-state index contributed by atoms with van der Waals surface area (Å²) in [6, 6.07) is 0.761. The molecule has 0 bridgehead atoms. The average Bonchev–Trinajstić information content (AvgIpc) is 2.37. The molecule has 1 aliphatic heterocycles. The minimum absolute atomic E-state index is 0.761. The average molecular weight is 253 g/mol. The summed E-state index contributed by atoms with van der Waals surface area (Å²) in [6.45, 7) is 10.4. The van der Waals surface area contributed by atoms with Gasteiger partial charge in [0.25, 0.3) is 0 Å². The Morgan fingerprint density at radius 2 is 1.83 bits per heavy atom. The Balaban J connectivity index is 1.80. The Bertz CT molecular complexity index is 235. The first-order valence-corrected chi connectivity index (χ1v) is 7.98. The molecule has 2 aliphatic rings. The maximum absolute atomic E-state index is 5.44. The van der Waals surface area contributed by atoms with Crippen molar-refractivity contribution in [2.24, 2.45) is 23.7 Å². The quantitative estimate of drug-likeness (QED) is 0.828. The van der Waals surface area contributed by atoms with E-state index in [2.05, 4.69) is 26.1 Å². The van der Waals surface area contributed by atoms with Crippen molar-refractivity contribution in [2.75, 3.05) is 19.8 Å². The molecule has 0 radical (unpaired) electrons. The van der Waals surface area contributed by atoms with E-state index in [0.29, 0.717) is 0 Å². The topological polar surface area (TPSA) is 21.3 Å². The van der Waals surface area contributed by atoms with Gasteiger partial charge in [0.15, 0.2) is 0 Å². The van der Waals surface area contributed by atoms with Gasteiger partial charge in [0.2, 0.25) is 0 Å². The highest BCUT2D eigenvalue weighted by atomic mass is 16.5. The predicted octanol–water partition coefficient (Wildman–Crippen LogP) is 3.46. The molecule has 18 heavy (non-hydrogen) atoms. The van der Waals surface area contributed by atoms with Crippen LogP contribution >= 0.6 is 0 Å². The van der Waals surface area contributed by atoms with Crippen molar-refractivity contribution in [3.8, 4) is 0 Å². The zero-order valence-corrected chi connectivity index (χ0v) is 12.5. The molecule has 0 aromatic heterocycles. The molecule has 0 aromatic carbocycles. The SMILES string of the molecule is CC1CCC(C(C)C)C(NCC2CCOCC2)C1. The van der Waals surface area contributed by atoms with Crippen LogP contribution in [0.5, 0.6) is 0 Å². The molecule has 1 saturated heterocycles. The monoisotopic (exact) mass is 253 g/mol. The molecule has 1 N–H and O–H groups in total. The lowest BCUT2D eigenvalue weighted by Crippen LogP contribution is -2.45. The molecule has 1 aliphatic carbocycles. The van der Waals surface area contributed by atoms with E-state index in [0.717, 1.165) is 42.9 Å². The third kappa shape index (κ3) is 3.96. The Hall–Kier alpha value is -0.0800. The molecular formula is C16H31NO. The molecule has 1 heterocycles. The van der Waals surface area contributed by atoms with Gasteiger partial charge in [-0.1, -0.05) is 27.2 Å². The molecule has 2 rings (SSSR count). The lowest BCUT2D eigenvalue weighted by molar-refractivity contribution is 0.0621.